The second-order valence-electron chi connectivity index (χ2n) is 4.62. The van der Waals surface area contributed by atoms with Crippen molar-refractivity contribution in [3.8, 4) is 0 Å². The van der Waals surface area contributed by atoms with Crippen LogP contribution in [0.2, 0.25) is 0 Å². The summed E-state index contributed by atoms with van der Waals surface area (Å²) >= 11 is 0. The number of carbonyl (C=O) groups is 1. The van der Waals surface area contributed by atoms with Gasteiger partial charge in [0, 0.05) is 17.1 Å². The molecule has 0 amide bonds. The molecule has 4 heteroatoms. The Labute approximate surface area is 130 Å². The fourth-order valence-electron chi connectivity index (χ4n) is 2.14. The summed E-state index contributed by atoms with van der Waals surface area (Å²) < 4.78 is 5.12. The monoisotopic (exact) mass is 367 g/mol. The molecular weight excluding hydrogens is 345 g/mol. The van der Waals surface area contributed by atoms with Crippen LogP contribution >= 0.6 is 0 Å². The molecule has 1 aromatic heterocycles. The van der Waals surface area contributed by atoms with Gasteiger partial charge in [0.05, 0.1) is 13.0 Å². The van der Waals surface area contributed by atoms with Gasteiger partial charge in [-0.2, -0.15) is 0 Å². The summed E-state index contributed by atoms with van der Waals surface area (Å²) in [6, 6.07) is 8.14. The summed E-state index contributed by atoms with van der Waals surface area (Å²) in [4.78, 5) is 14.8. The maximum atomic E-state index is 11.6. The predicted octanol–water partition coefficient (Wildman–Crippen LogP) is 2.70. The minimum absolute atomic E-state index is 0. The van der Waals surface area contributed by atoms with Crippen molar-refractivity contribution in [3.05, 3.63) is 36.0 Å². The molecule has 0 aliphatic carbocycles. The number of nitrogens with one attached hydrogen (secondary N) is 1. The molecule has 1 N–H and O–H groups in total. The fraction of sp³-hybridized carbons (Fsp3) is 0.400. The van der Waals surface area contributed by atoms with E-state index >= 15 is 0 Å². The number of H-pyrrole nitrogens is 1. The Balaban J connectivity index is 0.00000180. The van der Waals surface area contributed by atoms with Crippen molar-refractivity contribution in [2.24, 2.45) is 0 Å². The van der Waals surface area contributed by atoms with Crippen LogP contribution in [0.4, 0.5) is 0 Å². The molecular formula is C15H21NO2Sn. The molecule has 1 atom stereocenters. The van der Waals surface area contributed by atoms with E-state index in [2.05, 4.69) is 18.0 Å². The molecule has 0 fully saturated rings. The molecule has 102 valence electrons. The third-order valence-electron chi connectivity index (χ3n) is 3.09. The molecule has 0 bridgehead atoms. The number of fused-ring (bicyclic) bond motifs is 1. The van der Waals surface area contributed by atoms with E-state index in [1.165, 1.54) is 10.9 Å². The van der Waals surface area contributed by atoms with E-state index in [9.17, 15) is 4.79 Å². The molecule has 2 radical (unpaired) electrons. The summed E-state index contributed by atoms with van der Waals surface area (Å²) in [5.74, 6) is 0.0557. The van der Waals surface area contributed by atoms with E-state index < -0.39 is 0 Å². The number of hydrogen-bond donors (Lipinski definition) is 1. The van der Waals surface area contributed by atoms with Gasteiger partial charge in [0.2, 0.25) is 0 Å². The van der Waals surface area contributed by atoms with Gasteiger partial charge in [0.1, 0.15) is 0 Å². The van der Waals surface area contributed by atoms with E-state index in [4.69, 9.17) is 4.74 Å². The summed E-state index contributed by atoms with van der Waals surface area (Å²) in [7, 11) is 0. The first-order valence-corrected chi connectivity index (χ1v) is 6.44. The first-order chi connectivity index (χ1) is 8.72. The number of aromatic nitrogens is 1. The number of benzene rings is 1. The van der Waals surface area contributed by atoms with Crippen LogP contribution in [-0.4, -0.2) is 41.5 Å². The Morgan fingerprint density at radius 1 is 1.37 bits per heavy atom. The van der Waals surface area contributed by atoms with Gasteiger partial charge in [-0.25, -0.2) is 0 Å². The molecule has 2 rings (SSSR count). The molecule has 1 unspecified atom stereocenters. The number of hydrogen-bond acceptors (Lipinski definition) is 2. The molecule has 0 saturated carbocycles. The Morgan fingerprint density at radius 3 is 2.84 bits per heavy atom. The second kappa shape index (κ2) is 7.58. The van der Waals surface area contributed by atoms with E-state index in [0.717, 1.165) is 11.9 Å². The molecule has 3 nitrogen and oxygen atoms in total. The van der Waals surface area contributed by atoms with Gasteiger partial charge in [-0.05, 0) is 24.0 Å². The number of ether oxygens (including phenoxy) is 1. The standard InChI is InChI=1S/C15H19NO2.Sn.2H/c1-3-8-18-15(17)9-11(2)13-10-16-14-7-5-4-6-12(13)14;;;/h4-7,10-11,16H,3,8-9H2,1-2H3;;;. The Kier molecular flexibility index (Phi) is 6.41. The average Bonchev–Trinajstić information content (AvgIpc) is 2.80. The summed E-state index contributed by atoms with van der Waals surface area (Å²) in [6.45, 7) is 4.57. The first-order valence-electron chi connectivity index (χ1n) is 6.44. The summed E-state index contributed by atoms with van der Waals surface area (Å²) in [5.41, 5.74) is 2.29. The number of rotatable bonds is 5. The van der Waals surface area contributed by atoms with Crippen molar-refractivity contribution < 1.29 is 9.53 Å². The van der Waals surface area contributed by atoms with Crippen LogP contribution in [0.15, 0.2) is 30.5 Å². The van der Waals surface area contributed by atoms with Crippen LogP contribution in [-0.2, 0) is 9.53 Å². The molecule has 0 aliphatic heterocycles. The molecule has 0 aliphatic rings. The minimum atomic E-state index is -0.116. The second-order valence-corrected chi connectivity index (χ2v) is 4.62. The van der Waals surface area contributed by atoms with E-state index in [1.807, 2.05) is 31.3 Å². The zero-order valence-electron chi connectivity index (χ0n) is 11.6. The van der Waals surface area contributed by atoms with Gasteiger partial charge in [0.15, 0.2) is 0 Å². The molecule has 1 aromatic carbocycles. The van der Waals surface area contributed by atoms with Crippen LogP contribution in [0.5, 0.6) is 0 Å². The third-order valence-corrected chi connectivity index (χ3v) is 3.09. The van der Waals surface area contributed by atoms with Crippen LogP contribution in [0.1, 0.15) is 38.2 Å². The summed E-state index contributed by atoms with van der Waals surface area (Å²) in [6.07, 6.45) is 3.29. The van der Waals surface area contributed by atoms with E-state index in [1.54, 1.807) is 0 Å². The van der Waals surface area contributed by atoms with Gasteiger partial charge in [-0.3, -0.25) is 4.79 Å². The van der Waals surface area contributed by atoms with Crippen molar-refractivity contribution in [2.75, 3.05) is 6.61 Å². The third kappa shape index (κ3) is 3.99. The zero-order chi connectivity index (χ0) is 13.0. The molecule has 19 heavy (non-hydrogen) atoms. The van der Waals surface area contributed by atoms with Crippen molar-refractivity contribution in [3.63, 3.8) is 0 Å². The first kappa shape index (κ1) is 16.1. The van der Waals surface area contributed by atoms with Crippen LogP contribution < -0.4 is 0 Å². The number of esters is 1. The molecule has 2 aromatic rings. The van der Waals surface area contributed by atoms with Crippen molar-refractivity contribution >= 4 is 40.8 Å². The molecule has 0 saturated heterocycles. The Morgan fingerprint density at radius 2 is 2.11 bits per heavy atom. The van der Waals surface area contributed by atoms with Crippen LogP contribution in [0.3, 0.4) is 0 Å². The maximum absolute atomic E-state index is 11.6. The number of carbonyl (C=O) groups excluding carboxylic acids is 1. The van der Waals surface area contributed by atoms with Crippen molar-refractivity contribution in [1.82, 2.24) is 4.98 Å². The van der Waals surface area contributed by atoms with Gasteiger partial charge >= 0.3 is 29.9 Å². The fourth-order valence-corrected chi connectivity index (χ4v) is 2.14. The Hall–Kier alpha value is -0.971. The SMILES string of the molecule is CCCOC(=O)CC(C)c1c[nH]c2ccccc12.[SnH2]. The zero-order valence-corrected chi connectivity index (χ0v) is 15.6. The molecule has 0 spiro atoms. The predicted molar refractivity (Wildman–Crippen MR) is 81.1 cm³/mol. The van der Waals surface area contributed by atoms with Gasteiger partial charge in [-0.1, -0.05) is 32.0 Å². The van der Waals surface area contributed by atoms with Gasteiger partial charge in [0.25, 0.3) is 0 Å². The number of aromatic amines is 1. The van der Waals surface area contributed by atoms with E-state index in [-0.39, 0.29) is 35.8 Å². The normalized spacial score (nSPS) is 11.9. The Bertz CT molecular complexity index is 536. The quantitative estimate of drug-likeness (QED) is 0.653. The average molecular weight is 366 g/mol. The van der Waals surface area contributed by atoms with Gasteiger partial charge in [-0.15, -0.1) is 0 Å². The van der Waals surface area contributed by atoms with Gasteiger partial charge < -0.3 is 9.72 Å². The van der Waals surface area contributed by atoms with Crippen LogP contribution in [0.25, 0.3) is 10.9 Å². The van der Waals surface area contributed by atoms with E-state index in [0.29, 0.717) is 13.0 Å². The van der Waals surface area contributed by atoms with Crippen LogP contribution in [0, 0.1) is 0 Å². The summed E-state index contributed by atoms with van der Waals surface area (Å²) in [5, 5.41) is 1.19. The topological polar surface area (TPSA) is 42.1 Å². The van der Waals surface area contributed by atoms with Crippen molar-refractivity contribution in [2.45, 2.75) is 32.6 Å². The number of para-hydroxylation sites is 1. The molecule has 1 heterocycles. The van der Waals surface area contributed by atoms with Crippen molar-refractivity contribution in [1.29, 1.82) is 0 Å².